The smallest absolute Gasteiger partial charge is 0.0593 e. The van der Waals surface area contributed by atoms with Gasteiger partial charge in [-0.3, -0.25) is 4.90 Å². The molecule has 1 rings (SSSR count). The third kappa shape index (κ3) is 4.09. The van der Waals surface area contributed by atoms with Crippen LogP contribution in [0.2, 0.25) is 0 Å². The predicted molar refractivity (Wildman–Crippen MR) is 64.0 cm³/mol. The number of piperidine rings is 1. The normalized spacial score (nSPS) is 28.2. The highest BCUT2D eigenvalue weighted by molar-refractivity contribution is 4.82. The maximum atomic E-state index is 5.80. The van der Waals surface area contributed by atoms with Crippen LogP contribution in [0.5, 0.6) is 0 Å². The average Bonchev–Trinajstić information content (AvgIpc) is 2.26. The number of nitrogens with two attached hydrogens (primary N) is 1. The van der Waals surface area contributed by atoms with Crippen LogP contribution in [0.1, 0.15) is 39.5 Å². The standard InChI is InChI=1S/C12H26N2O/c1-3-8-15-9-7-14-11(2)5-4-6-12(14)10-13/h11-12H,3-10,13H2,1-2H3. The topological polar surface area (TPSA) is 38.5 Å². The summed E-state index contributed by atoms with van der Waals surface area (Å²) in [6.45, 7) is 8.03. The second-order valence-corrected chi connectivity index (χ2v) is 4.52. The predicted octanol–water partition coefficient (Wildman–Crippen LogP) is 1.61. The molecule has 0 bridgehead atoms. The Balaban J connectivity index is 2.27. The van der Waals surface area contributed by atoms with E-state index in [9.17, 15) is 0 Å². The monoisotopic (exact) mass is 214 g/mol. The summed E-state index contributed by atoms with van der Waals surface area (Å²) in [6.07, 6.45) is 5.00. The van der Waals surface area contributed by atoms with E-state index in [1.807, 2.05) is 0 Å². The molecule has 3 heteroatoms. The number of hydrogen-bond donors (Lipinski definition) is 1. The molecular weight excluding hydrogens is 188 g/mol. The van der Waals surface area contributed by atoms with Gasteiger partial charge in [-0.15, -0.1) is 0 Å². The summed E-state index contributed by atoms with van der Waals surface area (Å²) in [5.74, 6) is 0. The van der Waals surface area contributed by atoms with Gasteiger partial charge in [0.15, 0.2) is 0 Å². The van der Waals surface area contributed by atoms with E-state index in [1.54, 1.807) is 0 Å². The van der Waals surface area contributed by atoms with Gasteiger partial charge in [-0.25, -0.2) is 0 Å². The number of ether oxygens (including phenoxy) is 1. The molecular formula is C12H26N2O. The summed E-state index contributed by atoms with van der Waals surface area (Å²) in [7, 11) is 0. The number of likely N-dealkylation sites (tertiary alicyclic amines) is 1. The zero-order valence-corrected chi connectivity index (χ0v) is 10.2. The number of hydrogen-bond acceptors (Lipinski definition) is 3. The summed E-state index contributed by atoms with van der Waals surface area (Å²) in [5.41, 5.74) is 5.80. The van der Waals surface area contributed by atoms with Crippen molar-refractivity contribution in [2.75, 3.05) is 26.3 Å². The van der Waals surface area contributed by atoms with Crippen LogP contribution in [-0.2, 0) is 4.74 Å². The van der Waals surface area contributed by atoms with Gasteiger partial charge in [0.2, 0.25) is 0 Å². The Morgan fingerprint density at radius 2 is 2.13 bits per heavy atom. The van der Waals surface area contributed by atoms with Crippen molar-refractivity contribution in [2.24, 2.45) is 5.73 Å². The lowest BCUT2D eigenvalue weighted by atomic mass is 9.96. The molecule has 3 nitrogen and oxygen atoms in total. The SMILES string of the molecule is CCCOCCN1C(C)CCCC1CN. The Morgan fingerprint density at radius 1 is 1.33 bits per heavy atom. The van der Waals surface area contributed by atoms with Crippen LogP contribution in [0.4, 0.5) is 0 Å². The first-order chi connectivity index (χ1) is 7.29. The van der Waals surface area contributed by atoms with Gasteiger partial charge in [0.1, 0.15) is 0 Å². The van der Waals surface area contributed by atoms with Crippen molar-refractivity contribution in [1.82, 2.24) is 4.90 Å². The van der Waals surface area contributed by atoms with Crippen molar-refractivity contribution in [3.8, 4) is 0 Å². The Kier molecular flexibility index (Phi) is 6.22. The minimum atomic E-state index is 0.582. The zero-order chi connectivity index (χ0) is 11.1. The average molecular weight is 214 g/mol. The maximum Gasteiger partial charge on any atom is 0.0593 e. The van der Waals surface area contributed by atoms with Gasteiger partial charge in [-0.2, -0.15) is 0 Å². The van der Waals surface area contributed by atoms with Crippen molar-refractivity contribution in [2.45, 2.75) is 51.6 Å². The molecule has 0 aromatic rings. The van der Waals surface area contributed by atoms with Gasteiger partial charge < -0.3 is 10.5 Å². The number of nitrogens with zero attached hydrogens (tertiary/aromatic N) is 1. The molecule has 90 valence electrons. The molecule has 0 aromatic heterocycles. The molecule has 0 aromatic carbocycles. The van der Waals surface area contributed by atoms with E-state index >= 15 is 0 Å². The lowest BCUT2D eigenvalue weighted by Crippen LogP contribution is -2.50. The van der Waals surface area contributed by atoms with Gasteiger partial charge in [-0.1, -0.05) is 13.3 Å². The Morgan fingerprint density at radius 3 is 2.80 bits per heavy atom. The summed E-state index contributed by atoms with van der Waals surface area (Å²) < 4.78 is 5.54. The molecule has 2 N–H and O–H groups in total. The lowest BCUT2D eigenvalue weighted by Gasteiger charge is -2.40. The molecule has 2 atom stereocenters. The zero-order valence-electron chi connectivity index (χ0n) is 10.2. The molecule has 0 amide bonds. The lowest BCUT2D eigenvalue weighted by molar-refractivity contribution is 0.0467. The van der Waals surface area contributed by atoms with Crippen LogP contribution in [-0.4, -0.2) is 43.3 Å². The molecule has 1 heterocycles. The quantitative estimate of drug-likeness (QED) is 0.683. The highest BCUT2D eigenvalue weighted by atomic mass is 16.5. The maximum absolute atomic E-state index is 5.80. The Bertz CT molecular complexity index is 164. The van der Waals surface area contributed by atoms with Crippen LogP contribution in [0.3, 0.4) is 0 Å². The van der Waals surface area contributed by atoms with Gasteiger partial charge in [-0.05, 0) is 26.2 Å². The second-order valence-electron chi connectivity index (χ2n) is 4.52. The van der Waals surface area contributed by atoms with Crippen molar-refractivity contribution in [3.63, 3.8) is 0 Å². The molecule has 0 saturated carbocycles. The number of rotatable bonds is 6. The van der Waals surface area contributed by atoms with Gasteiger partial charge in [0.05, 0.1) is 6.61 Å². The molecule has 1 aliphatic rings. The van der Waals surface area contributed by atoms with Gasteiger partial charge in [0, 0.05) is 31.8 Å². The first kappa shape index (κ1) is 12.9. The highest BCUT2D eigenvalue weighted by Crippen LogP contribution is 2.21. The first-order valence-corrected chi connectivity index (χ1v) is 6.33. The van der Waals surface area contributed by atoms with E-state index < -0.39 is 0 Å². The largest absolute Gasteiger partial charge is 0.380 e. The van der Waals surface area contributed by atoms with Crippen molar-refractivity contribution >= 4 is 0 Å². The fraction of sp³-hybridized carbons (Fsp3) is 1.00. The third-order valence-corrected chi connectivity index (χ3v) is 3.31. The fourth-order valence-corrected chi connectivity index (χ4v) is 2.41. The Hall–Kier alpha value is -0.120. The van der Waals surface area contributed by atoms with Gasteiger partial charge >= 0.3 is 0 Å². The van der Waals surface area contributed by atoms with E-state index in [-0.39, 0.29) is 0 Å². The van der Waals surface area contributed by atoms with E-state index in [2.05, 4.69) is 18.7 Å². The summed E-state index contributed by atoms with van der Waals surface area (Å²) in [5, 5.41) is 0. The summed E-state index contributed by atoms with van der Waals surface area (Å²) in [4.78, 5) is 2.53. The molecule has 0 spiro atoms. The van der Waals surface area contributed by atoms with Crippen LogP contribution in [0.15, 0.2) is 0 Å². The van der Waals surface area contributed by atoms with Crippen molar-refractivity contribution < 1.29 is 4.74 Å². The molecule has 0 aliphatic carbocycles. The summed E-state index contributed by atoms with van der Waals surface area (Å²) >= 11 is 0. The molecule has 2 unspecified atom stereocenters. The highest BCUT2D eigenvalue weighted by Gasteiger charge is 2.26. The first-order valence-electron chi connectivity index (χ1n) is 6.33. The van der Waals surface area contributed by atoms with Crippen molar-refractivity contribution in [3.05, 3.63) is 0 Å². The Labute approximate surface area is 94.0 Å². The van der Waals surface area contributed by atoms with E-state index in [4.69, 9.17) is 10.5 Å². The molecule has 1 aliphatic heterocycles. The van der Waals surface area contributed by atoms with E-state index in [0.29, 0.717) is 12.1 Å². The van der Waals surface area contributed by atoms with Crippen LogP contribution >= 0.6 is 0 Å². The van der Waals surface area contributed by atoms with E-state index in [1.165, 1.54) is 19.3 Å². The van der Waals surface area contributed by atoms with E-state index in [0.717, 1.165) is 32.7 Å². The second kappa shape index (κ2) is 7.20. The van der Waals surface area contributed by atoms with Crippen molar-refractivity contribution in [1.29, 1.82) is 0 Å². The molecule has 1 saturated heterocycles. The minimum Gasteiger partial charge on any atom is -0.380 e. The summed E-state index contributed by atoms with van der Waals surface area (Å²) in [6, 6.07) is 1.26. The minimum absolute atomic E-state index is 0.582. The molecule has 0 radical (unpaired) electrons. The van der Waals surface area contributed by atoms with Gasteiger partial charge in [0.25, 0.3) is 0 Å². The molecule has 15 heavy (non-hydrogen) atoms. The van der Waals surface area contributed by atoms with Crippen LogP contribution < -0.4 is 5.73 Å². The fourth-order valence-electron chi connectivity index (χ4n) is 2.41. The van der Waals surface area contributed by atoms with Crippen LogP contribution in [0.25, 0.3) is 0 Å². The molecule has 1 fully saturated rings. The van der Waals surface area contributed by atoms with Crippen LogP contribution in [0, 0.1) is 0 Å². The third-order valence-electron chi connectivity index (χ3n) is 3.31.